The Hall–Kier alpha value is -0.610. The second-order valence-electron chi connectivity index (χ2n) is 5.04. The van der Waals surface area contributed by atoms with Crippen molar-refractivity contribution in [2.24, 2.45) is 17.4 Å². The van der Waals surface area contributed by atoms with E-state index in [1.807, 2.05) is 0 Å². The van der Waals surface area contributed by atoms with E-state index in [-0.39, 0.29) is 5.54 Å². The molecule has 1 rings (SSSR count). The van der Waals surface area contributed by atoms with Gasteiger partial charge in [0.05, 0.1) is 6.04 Å². The second-order valence-corrected chi connectivity index (χ2v) is 5.04. The van der Waals surface area contributed by atoms with Gasteiger partial charge in [0.1, 0.15) is 0 Å². The summed E-state index contributed by atoms with van der Waals surface area (Å²) < 4.78 is 0. The second kappa shape index (κ2) is 3.87. The van der Waals surface area contributed by atoms with Crippen LogP contribution < -0.4 is 11.5 Å². The number of primary amides is 1. The minimum atomic E-state index is -0.542. The van der Waals surface area contributed by atoms with Crippen LogP contribution >= 0.6 is 0 Å². The average molecular weight is 199 g/mol. The zero-order valence-corrected chi connectivity index (χ0v) is 9.29. The maximum absolute atomic E-state index is 10.9. The standard InChI is InChI=1S/C10H21N3O/c1-7-4-10(2,3)13(5-7)6-8(11)9(12)14/h7-8H,4-6,11H2,1-3H3,(H2,12,14). The minimum absolute atomic E-state index is 0.145. The molecule has 1 amide bonds. The molecule has 4 heteroatoms. The number of rotatable bonds is 3. The smallest absolute Gasteiger partial charge is 0.235 e. The highest BCUT2D eigenvalue weighted by Crippen LogP contribution is 2.31. The van der Waals surface area contributed by atoms with Crippen molar-refractivity contribution in [2.45, 2.75) is 38.8 Å². The molecule has 1 saturated heterocycles. The Kier molecular flexibility index (Phi) is 3.17. The molecule has 4 N–H and O–H groups in total. The van der Waals surface area contributed by atoms with E-state index in [1.165, 1.54) is 0 Å². The van der Waals surface area contributed by atoms with E-state index < -0.39 is 11.9 Å². The van der Waals surface area contributed by atoms with Gasteiger partial charge in [0.2, 0.25) is 5.91 Å². The van der Waals surface area contributed by atoms with Crippen molar-refractivity contribution in [2.75, 3.05) is 13.1 Å². The third-order valence-electron chi connectivity index (χ3n) is 3.02. The number of nitrogens with zero attached hydrogens (tertiary/aromatic N) is 1. The summed E-state index contributed by atoms with van der Waals surface area (Å²) in [7, 11) is 0. The molecule has 0 spiro atoms. The van der Waals surface area contributed by atoms with Crippen LogP contribution in [-0.4, -0.2) is 35.5 Å². The Morgan fingerprint density at radius 1 is 1.64 bits per heavy atom. The molecule has 0 aromatic carbocycles. The number of hydrogen-bond acceptors (Lipinski definition) is 3. The highest BCUT2D eigenvalue weighted by molar-refractivity contribution is 5.79. The van der Waals surface area contributed by atoms with Crippen LogP contribution in [0.3, 0.4) is 0 Å². The molecular weight excluding hydrogens is 178 g/mol. The Bertz CT molecular complexity index is 227. The summed E-state index contributed by atoms with van der Waals surface area (Å²) in [4.78, 5) is 13.1. The fourth-order valence-corrected chi connectivity index (χ4v) is 2.32. The third kappa shape index (κ3) is 2.45. The first kappa shape index (κ1) is 11.5. The number of carbonyl (C=O) groups excluding carboxylic acids is 1. The van der Waals surface area contributed by atoms with Gasteiger partial charge < -0.3 is 11.5 Å². The van der Waals surface area contributed by atoms with Crippen LogP contribution in [0.15, 0.2) is 0 Å². The van der Waals surface area contributed by atoms with E-state index in [1.54, 1.807) is 0 Å². The maximum atomic E-state index is 10.9. The SMILES string of the molecule is CC1CN(CC(N)C(N)=O)C(C)(C)C1. The van der Waals surface area contributed by atoms with Gasteiger partial charge in [-0.15, -0.1) is 0 Å². The maximum Gasteiger partial charge on any atom is 0.235 e. The third-order valence-corrected chi connectivity index (χ3v) is 3.02. The van der Waals surface area contributed by atoms with Crippen molar-refractivity contribution in [1.82, 2.24) is 4.90 Å². The van der Waals surface area contributed by atoms with Crippen molar-refractivity contribution in [3.63, 3.8) is 0 Å². The van der Waals surface area contributed by atoms with Crippen LogP contribution in [0.1, 0.15) is 27.2 Å². The molecule has 1 aliphatic heterocycles. The lowest BCUT2D eigenvalue weighted by Crippen LogP contribution is -2.50. The molecule has 14 heavy (non-hydrogen) atoms. The molecule has 0 saturated carbocycles. The first-order chi connectivity index (χ1) is 6.33. The van der Waals surface area contributed by atoms with Gasteiger partial charge in [-0.3, -0.25) is 9.69 Å². The summed E-state index contributed by atoms with van der Waals surface area (Å²) in [5.41, 5.74) is 10.9. The number of amides is 1. The lowest BCUT2D eigenvalue weighted by atomic mass is 9.97. The summed E-state index contributed by atoms with van der Waals surface area (Å²) in [5, 5.41) is 0. The molecule has 1 aliphatic rings. The highest BCUT2D eigenvalue weighted by Gasteiger charge is 2.37. The largest absolute Gasteiger partial charge is 0.368 e. The van der Waals surface area contributed by atoms with E-state index in [0.717, 1.165) is 13.0 Å². The van der Waals surface area contributed by atoms with Gasteiger partial charge in [0.25, 0.3) is 0 Å². The van der Waals surface area contributed by atoms with Crippen LogP contribution in [0.4, 0.5) is 0 Å². The van der Waals surface area contributed by atoms with E-state index in [2.05, 4.69) is 25.7 Å². The molecule has 0 aromatic heterocycles. The Labute approximate surface area is 85.6 Å². The first-order valence-corrected chi connectivity index (χ1v) is 5.13. The van der Waals surface area contributed by atoms with Crippen LogP contribution in [-0.2, 0) is 4.79 Å². The van der Waals surface area contributed by atoms with Gasteiger partial charge in [-0.05, 0) is 26.2 Å². The minimum Gasteiger partial charge on any atom is -0.368 e. The molecular formula is C10H21N3O. The predicted molar refractivity (Wildman–Crippen MR) is 56.6 cm³/mol. The number of likely N-dealkylation sites (tertiary alicyclic amines) is 1. The molecule has 1 fully saturated rings. The summed E-state index contributed by atoms with van der Waals surface area (Å²) in [6, 6.07) is -0.542. The lowest BCUT2D eigenvalue weighted by Gasteiger charge is -2.32. The quantitative estimate of drug-likeness (QED) is 0.667. The molecule has 0 aliphatic carbocycles. The van der Waals surface area contributed by atoms with Gasteiger partial charge in [-0.1, -0.05) is 6.92 Å². The Balaban J connectivity index is 2.56. The Morgan fingerprint density at radius 3 is 2.57 bits per heavy atom. The van der Waals surface area contributed by atoms with Crippen molar-refractivity contribution >= 4 is 5.91 Å². The van der Waals surface area contributed by atoms with Gasteiger partial charge in [-0.25, -0.2) is 0 Å². The summed E-state index contributed by atoms with van der Waals surface area (Å²) in [6.45, 7) is 8.17. The van der Waals surface area contributed by atoms with Crippen molar-refractivity contribution in [1.29, 1.82) is 0 Å². The fourth-order valence-electron chi connectivity index (χ4n) is 2.32. The van der Waals surface area contributed by atoms with Crippen molar-refractivity contribution < 1.29 is 4.79 Å². The summed E-state index contributed by atoms with van der Waals surface area (Å²) in [5.74, 6) is 0.255. The van der Waals surface area contributed by atoms with Gasteiger partial charge in [-0.2, -0.15) is 0 Å². The number of nitrogens with two attached hydrogens (primary N) is 2. The Morgan fingerprint density at radius 2 is 2.21 bits per heavy atom. The van der Waals surface area contributed by atoms with Gasteiger partial charge >= 0.3 is 0 Å². The van der Waals surface area contributed by atoms with Crippen LogP contribution in [0.5, 0.6) is 0 Å². The molecule has 2 atom stereocenters. The number of hydrogen-bond donors (Lipinski definition) is 2. The first-order valence-electron chi connectivity index (χ1n) is 5.13. The van der Waals surface area contributed by atoms with E-state index >= 15 is 0 Å². The van der Waals surface area contributed by atoms with Gasteiger partial charge in [0.15, 0.2) is 0 Å². The summed E-state index contributed by atoms with van der Waals surface area (Å²) in [6.07, 6.45) is 1.15. The molecule has 0 radical (unpaired) electrons. The van der Waals surface area contributed by atoms with E-state index in [4.69, 9.17) is 11.5 Å². The molecule has 82 valence electrons. The fraction of sp³-hybridized carbons (Fsp3) is 0.900. The zero-order chi connectivity index (χ0) is 10.9. The highest BCUT2D eigenvalue weighted by atomic mass is 16.1. The molecule has 0 bridgehead atoms. The summed E-state index contributed by atoms with van der Waals surface area (Å²) >= 11 is 0. The van der Waals surface area contributed by atoms with E-state index in [0.29, 0.717) is 12.5 Å². The number of carbonyl (C=O) groups is 1. The topological polar surface area (TPSA) is 72.3 Å². The monoisotopic (exact) mass is 199 g/mol. The van der Waals surface area contributed by atoms with E-state index in [9.17, 15) is 4.79 Å². The van der Waals surface area contributed by atoms with Crippen molar-refractivity contribution in [3.8, 4) is 0 Å². The molecule has 2 unspecified atom stereocenters. The van der Waals surface area contributed by atoms with Gasteiger partial charge in [0, 0.05) is 18.6 Å². The van der Waals surface area contributed by atoms with Crippen molar-refractivity contribution in [3.05, 3.63) is 0 Å². The molecule has 4 nitrogen and oxygen atoms in total. The predicted octanol–water partition coefficient (Wildman–Crippen LogP) is -0.0806. The average Bonchev–Trinajstić information content (AvgIpc) is 2.24. The normalized spacial score (nSPS) is 29.0. The van der Waals surface area contributed by atoms with Crippen LogP contribution in [0, 0.1) is 5.92 Å². The molecule has 1 heterocycles. The zero-order valence-electron chi connectivity index (χ0n) is 9.29. The van der Waals surface area contributed by atoms with Crippen LogP contribution in [0.25, 0.3) is 0 Å². The van der Waals surface area contributed by atoms with Crippen LogP contribution in [0.2, 0.25) is 0 Å². The lowest BCUT2D eigenvalue weighted by molar-refractivity contribution is -0.119. The molecule has 0 aromatic rings.